The molecule has 0 saturated heterocycles. The van der Waals surface area contributed by atoms with E-state index in [1.807, 2.05) is 41.8 Å². The van der Waals surface area contributed by atoms with Crippen LogP contribution in [0.3, 0.4) is 0 Å². The average molecular weight is 343 g/mol. The Hall–Kier alpha value is -2.19. The van der Waals surface area contributed by atoms with Crippen molar-refractivity contribution in [1.82, 2.24) is 24.9 Å². The van der Waals surface area contributed by atoms with Crippen molar-refractivity contribution in [3.05, 3.63) is 42.0 Å². The highest BCUT2D eigenvalue weighted by atomic mass is 32.2. The molecule has 1 aliphatic carbocycles. The molecule has 1 aromatic carbocycles. The topological polar surface area (TPSA) is 89.9 Å². The van der Waals surface area contributed by atoms with E-state index in [0.29, 0.717) is 23.6 Å². The van der Waals surface area contributed by atoms with Crippen molar-refractivity contribution in [2.75, 3.05) is 0 Å². The first kappa shape index (κ1) is 15.3. The SMILES string of the molecule is C[C@@H](Sc1nnc(CO)n1C1CC1)c1noc(-c2ccccc2)n1. The summed E-state index contributed by atoms with van der Waals surface area (Å²) in [7, 11) is 0. The Morgan fingerprint density at radius 2 is 2.08 bits per heavy atom. The van der Waals surface area contributed by atoms with Crippen LogP contribution in [0.25, 0.3) is 11.5 Å². The summed E-state index contributed by atoms with van der Waals surface area (Å²) in [5.74, 6) is 1.75. The molecule has 0 spiro atoms. The van der Waals surface area contributed by atoms with E-state index < -0.39 is 0 Å². The summed E-state index contributed by atoms with van der Waals surface area (Å²) >= 11 is 1.53. The molecule has 1 aliphatic rings. The van der Waals surface area contributed by atoms with Crippen LogP contribution in [-0.2, 0) is 6.61 Å². The predicted octanol–water partition coefficient (Wildman–Crippen LogP) is 3.01. The van der Waals surface area contributed by atoms with Crippen molar-refractivity contribution in [3.63, 3.8) is 0 Å². The number of aromatic nitrogens is 5. The van der Waals surface area contributed by atoms with E-state index in [4.69, 9.17) is 4.52 Å². The molecule has 0 radical (unpaired) electrons. The molecular weight excluding hydrogens is 326 g/mol. The molecule has 3 aromatic rings. The lowest BCUT2D eigenvalue weighted by Crippen LogP contribution is -2.04. The fourth-order valence-electron chi connectivity index (χ4n) is 2.50. The number of nitrogens with zero attached hydrogens (tertiary/aromatic N) is 5. The van der Waals surface area contributed by atoms with Crippen LogP contribution < -0.4 is 0 Å². The molecule has 124 valence electrons. The molecule has 0 aliphatic heterocycles. The summed E-state index contributed by atoms with van der Waals surface area (Å²) in [5, 5.41) is 22.6. The number of hydrogen-bond donors (Lipinski definition) is 1. The van der Waals surface area contributed by atoms with Crippen molar-refractivity contribution in [2.45, 2.75) is 42.8 Å². The number of aliphatic hydroxyl groups is 1. The first-order valence-electron chi connectivity index (χ1n) is 7.86. The van der Waals surface area contributed by atoms with Gasteiger partial charge in [-0.3, -0.25) is 0 Å². The van der Waals surface area contributed by atoms with Crippen LogP contribution in [0.1, 0.15) is 42.7 Å². The van der Waals surface area contributed by atoms with Gasteiger partial charge in [0.2, 0.25) is 0 Å². The van der Waals surface area contributed by atoms with Gasteiger partial charge in [0.15, 0.2) is 16.8 Å². The lowest BCUT2D eigenvalue weighted by molar-refractivity contribution is 0.263. The fourth-order valence-corrected chi connectivity index (χ4v) is 3.48. The van der Waals surface area contributed by atoms with Gasteiger partial charge in [-0.25, -0.2) is 0 Å². The second kappa shape index (κ2) is 6.37. The monoisotopic (exact) mass is 343 g/mol. The van der Waals surface area contributed by atoms with Crippen LogP contribution in [0, 0.1) is 0 Å². The van der Waals surface area contributed by atoms with Gasteiger partial charge in [0.1, 0.15) is 6.61 Å². The van der Waals surface area contributed by atoms with Crippen molar-refractivity contribution >= 4 is 11.8 Å². The largest absolute Gasteiger partial charge is 0.388 e. The molecule has 1 N–H and O–H groups in total. The Morgan fingerprint density at radius 3 is 2.79 bits per heavy atom. The van der Waals surface area contributed by atoms with Crippen molar-refractivity contribution in [2.24, 2.45) is 0 Å². The molecule has 2 heterocycles. The normalized spacial score (nSPS) is 15.6. The summed E-state index contributed by atoms with van der Waals surface area (Å²) in [6.07, 6.45) is 2.21. The van der Waals surface area contributed by atoms with Crippen LogP contribution in [0.2, 0.25) is 0 Å². The van der Waals surface area contributed by atoms with Gasteiger partial charge >= 0.3 is 0 Å². The number of rotatable bonds is 6. The Bertz CT molecular complexity index is 828. The maximum absolute atomic E-state index is 9.42. The quantitative estimate of drug-likeness (QED) is 0.688. The van der Waals surface area contributed by atoms with E-state index in [0.717, 1.165) is 23.6 Å². The van der Waals surface area contributed by atoms with Gasteiger partial charge in [0, 0.05) is 11.6 Å². The molecule has 0 bridgehead atoms. The van der Waals surface area contributed by atoms with E-state index in [9.17, 15) is 5.11 Å². The Kier molecular flexibility index (Phi) is 4.07. The fraction of sp³-hybridized carbons (Fsp3) is 0.375. The van der Waals surface area contributed by atoms with Gasteiger partial charge in [-0.2, -0.15) is 4.98 Å². The van der Waals surface area contributed by atoms with Crippen molar-refractivity contribution < 1.29 is 9.63 Å². The van der Waals surface area contributed by atoms with E-state index in [1.165, 1.54) is 11.8 Å². The molecule has 1 atom stereocenters. The first-order valence-corrected chi connectivity index (χ1v) is 8.74. The minimum absolute atomic E-state index is 0.0283. The molecule has 8 heteroatoms. The molecule has 0 amide bonds. The van der Waals surface area contributed by atoms with Gasteiger partial charge in [-0.15, -0.1) is 10.2 Å². The molecular formula is C16H17N5O2S. The van der Waals surface area contributed by atoms with Crippen LogP contribution in [0.5, 0.6) is 0 Å². The van der Waals surface area contributed by atoms with Crippen LogP contribution in [-0.4, -0.2) is 30.0 Å². The molecule has 2 aromatic heterocycles. The average Bonchev–Trinajstić information content (AvgIpc) is 3.18. The van der Waals surface area contributed by atoms with Crippen LogP contribution >= 0.6 is 11.8 Å². The molecule has 0 unspecified atom stereocenters. The molecule has 1 saturated carbocycles. The smallest absolute Gasteiger partial charge is 0.257 e. The zero-order valence-corrected chi connectivity index (χ0v) is 14.0. The van der Waals surface area contributed by atoms with Crippen LogP contribution in [0.4, 0.5) is 0 Å². The Balaban J connectivity index is 1.54. The molecule has 1 fully saturated rings. The zero-order chi connectivity index (χ0) is 16.5. The number of aliphatic hydroxyl groups excluding tert-OH is 1. The van der Waals surface area contributed by atoms with Gasteiger partial charge in [0.25, 0.3) is 5.89 Å². The highest BCUT2D eigenvalue weighted by molar-refractivity contribution is 7.99. The molecule has 24 heavy (non-hydrogen) atoms. The highest BCUT2D eigenvalue weighted by Crippen LogP contribution is 2.41. The lowest BCUT2D eigenvalue weighted by atomic mass is 10.2. The molecule has 4 rings (SSSR count). The van der Waals surface area contributed by atoms with Gasteiger partial charge in [-0.1, -0.05) is 35.1 Å². The van der Waals surface area contributed by atoms with Crippen LogP contribution in [0.15, 0.2) is 40.0 Å². The van der Waals surface area contributed by atoms with E-state index in [2.05, 4.69) is 20.3 Å². The van der Waals surface area contributed by atoms with Gasteiger partial charge in [-0.05, 0) is 31.9 Å². The minimum Gasteiger partial charge on any atom is -0.388 e. The van der Waals surface area contributed by atoms with E-state index >= 15 is 0 Å². The summed E-state index contributed by atoms with van der Waals surface area (Å²) in [6, 6.07) is 10.1. The van der Waals surface area contributed by atoms with Gasteiger partial charge in [0.05, 0.1) is 5.25 Å². The first-order chi connectivity index (χ1) is 11.8. The third-order valence-electron chi connectivity index (χ3n) is 3.90. The minimum atomic E-state index is -0.0984. The Morgan fingerprint density at radius 1 is 1.29 bits per heavy atom. The second-order valence-corrected chi connectivity index (χ2v) is 7.05. The third-order valence-corrected chi connectivity index (χ3v) is 4.95. The zero-order valence-electron chi connectivity index (χ0n) is 13.2. The summed E-state index contributed by atoms with van der Waals surface area (Å²) < 4.78 is 7.40. The molecule has 7 nitrogen and oxygen atoms in total. The van der Waals surface area contributed by atoms with E-state index in [-0.39, 0.29) is 11.9 Å². The number of hydrogen-bond acceptors (Lipinski definition) is 7. The maximum Gasteiger partial charge on any atom is 0.257 e. The lowest BCUT2D eigenvalue weighted by Gasteiger charge is -2.09. The Labute approximate surface area is 143 Å². The predicted molar refractivity (Wildman–Crippen MR) is 88.2 cm³/mol. The van der Waals surface area contributed by atoms with Crippen molar-refractivity contribution in [1.29, 1.82) is 0 Å². The standard InChI is InChI=1S/C16H17N5O2S/c1-10(14-17-15(23-20-14)11-5-3-2-4-6-11)24-16-19-18-13(9-22)21(16)12-7-8-12/h2-6,10,12,22H,7-9H2,1H3/t10-/m1/s1. The number of thioether (sulfide) groups is 1. The van der Waals surface area contributed by atoms with Crippen molar-refractivity contribution in [3.8, 4) is 11.5 Å². The summed E-state index contributed by atoms with van der Waals surface area (Å²) in [4.78, 5) is 4.49. The van der Waals surface area contributed by atoms with Gasteiger partial charge < -0.3 is 14.2 Å². The number of benzene rings is 1. The third kappa shape index (κ3) is 2.94. The summed E-state index contributed by atoms with van der Waals surface area (Å²) in [6.45, 7) is 1.91. The second-order valence-electron chi connectivity index (χ2n) is 5.74. The highest BCUT2D eigenvalue weighted by Gasteiger charge is 2.30. The maximum atomic E-state index is 9.42. The van der Waals surface area contributed by atoms with E-state index in [1.54, 1.807) is 0 Å². The summed E-state index contributed by atoms with van der Waals surface area (Å²) in [5.41, 5.74) is 0.900.